The molecule has 10 heteroatoms. The molecule has 2 nitrogen and oxygen atoms in total. The van der Waals surface area contributed by atoms with E-state index in [1.54, 1.807) is 0 Å². The number of benzene rings is 2. The predicted molar refractivity (Wildman–Crippen MR) is 70.2 cm³/mol. The van der Waals surface area contributed by atoms with E-state index in [2.05, 4.69) is 9.47 Å². The Bertz CT molecular complexity index is 720. The van der Waals surface area contributed by atoms with Gasteiger partial charge < -0.3 is 9.47 Å². The molecule has 0 aliphatic rings. The molecule has 0 saturated heterocycles. The van der Waals surface area contributed by atoms with Gasteiger partial charge in [0.05, 0.1) is 5.56 Å². The second-order valence-corrected chi connectivity index (χ2v) is 4.66. The van der Waals surface area contributed by atoms with Crippen molar-refractivity contribution in [2.24, 2.45) is 0 Å². The lowest BCUT2D eigenvalue weighted by atomic mass is 10.0. The lowest BCUT2D eigenvalue weighted by molar-refractivity contribution is -0.274. The molecule has 0 unspecified atom stereocenters. The number of alkyl halides is 8. The summed E-state index contributed by atoms with van der Waals surface area (Å²) < 4.78 is 107. The van der Waals surface area contributed by atoms with E-state index in [1.165, 1.54) is 0 Å². The van der Waals surface area contributed by atoms with Gasteiger partial charge in [-0.25, -0.2) is 0 Å². The molecular weight excluding hydrogens is 364 g/mol. The molecule has 0 spiro atoms. The summed E-state index contributed by atoms with van der Waals surface area (Å²) in [5.41, 5.74) is -1.17. The number of ether oxygens (including phenoxy) is 2. The quantitative estimate of drug-likeness (QED) is 0.625. The molecule has 0 heterocycles. The average Bonchev–Trinajstić information content (AvgIpc) is 2.44. The molecule has 2 aromatic carbocycles. The van der Waals surface area contributed by atoms with Gasteiger partial charge in [-0.2, -0.15) is 22.0 Å². The average molecular weight is 372 g/mol. The molecule has 2 aromatic rings. The molecule has 0 fully saturated rings. The van der Waals surface area contributed by atoms with E-state index in [9.17, 15) is 35.1 Å². The molecule has 0 aliphatic carbocycles. The second-order valence-electron chi connectivity index (χ2n) is 4.66. The Morgan fingerprint density at radius 1 is 0.760 bits per heavy atom. The Kier molecular flexibility index (Phi) is 5.09. The van der Waals surface area contributed by atoms with Gasteiger partial charge in [-0.3, -0.25) is 0 Å². The molecule has 0 saturated carbocycles. The first-order chi connectivity index (χ1) is 11.5. The Morgan fingerprint density at radius 3 is 1.80 bits per heavy atom. The van der Waals surface area contributed by atoms with Gasteiger partial charge in [0.25, 0.3) is 0 Å². The van der Waals surface area contributed by atoms with Crippen molar-refractivity contribution in [1.29, 1.82) is 0 Å². The van der Waals surface area contributed by atoms with Gasteiger partial charge in [0.2, 0.25) is 0 Å². The maximum absolute atomic E-state index is 12.8. The maximum Gasteiger partial charge on any atom is 0.573 e. The van der Waals surface area contributed by atoms with Crippen LogP contribution in [0.15, 0.2) is 42.5 Å². The van der Waals surface area contributed by atoms with Crippen LogP contribution in [0.25, 0.3) is 11.1 Å². The van der Waals surface area contributed by atoms with Crippen molar-refractivity contribution >= 4 is 0 Å². The Labute approximate surface area is 135 Å². The molecule has 0 radical (unpaired) electrons. The standard InChI is InChI=1S/C15H8F8O2/c16-13(17)24-12-7-9(3-6-11(12)14(18,19)20)8-1-4-10(5-2-8)25-15(21,22)23/h1-7,13H. The van der Waals surface area contributed by atoms with Crippen LogP contribution in [0, 0.1) is 0 Å². The molecule has 0 aromatic heterocycles. The molecule has 2 rings (SSSR count). The lowest BCUT2D eigenvalue weighted by Gasteiger charge is -2.15. The molecule has 0 atom stereocenters. The fraction of sp³-hybridized carbons (Fsp3) is 0.200. The zero-order valence-electron chi connectivity index (χ0n) is 12.0. The third-order valence-corrected chi connectivity index (χ3v) is 2.92. The van der Waals surface area contributed by atoms with Gasteiger partial charge in [-0.05, 0) is 35.4 Å². The second kappa shape index (κ2) is 6.77. The fourth-order valence-electron chi connectivity index (χ4n) is 1.98. The van der Waals surface area contributed by atoms with Crippen LogP contribution in [-0.2, 0) is 6.18 Å². The molecule has 0 amide bonds. The van der Waals surface area contributed by atoms with Crippen LogP contribution in [0.2, 0.25) is 0 Å². The lowest BCUT2D eigenvalue weighted by Crippen LogP contribution is -2.16. The third-order valence-electron chi connectivity index (χ3n) is 2.92. The van der Waals surface area contributed by atoms with Gasteiger partial charge in [-0.1, -0.05) is 18.2 Å². The zero-order valence-corrected chi connectivity index (χ0v) is 12.0. The Balaban J connectivity index is 2.36. The highest BCUT2D eigenvalue weighted by atomic mass is 19.4. The summed E-state index contributed by atoms with van der Waals surface area (Å²) in [6, 6.07) is 6.41. The van der Waals surface area contributed by atoms with Crippen molar-refractivity contribution in [3.05, 3.63) is 48.0 Å². The van der Waals surface area contributed by atoms with Gasteiger partial charge in [0.1, 0.15) is 11.5 Å². The molecule has 136 valence electrons. The van der Waals surface area contributed by atoms with Crippen LogP contribution in [0.4, 0.5) is 35.1 Å². The number of halogens is 8. The molecule has 0 N–H and O–H groups in total. The highest BCUT2D eigenvalue weighted by Gasteiger charge is 2.35. The first kappa shape index (κ1) is 18.8. The van der Waals surface area contributed by atoms with Crippen LogP contribution < -0.4 is 9.47 Å². The summed E-state index contributed by atoms with van der Waals surface area (Å²) >= 11 is 0. The van der Waals surface area contributed by atoms with Crippen molar-refractivity contribution < 1.29 is 44.6 Å². The summed E-state index contributed by atoms with van der Waals surface area (Å²) in [5, 5.41) is 0. The summed E-state index contributed by atoms with van der Waals surface area (Å²) in [6.45, 7) is -3.47. The number of hydrogen-bond donors (Lipinski definition) is 0. The SMILES string of the molecule is FC(F)Oc1cc(-c2ccc(OC(F)(F)F)cc2)ccc1C(F)(F)F. The number of rotatable bonds is 4. The van der Waals surface area contributed by atoms with Gasteiger partial charge in [-0.15, -0.1) is 13.2 Å². The van der Waals surface area contributed by atoms with Gasteiger partial charge in [0, 0.05) is 0 Å². The zero-order chi connectivity index (χ0) is 18.8. The van der Waals surface area contributed by atoms with Crippen LogP contribution >= 0.6 is 0 Å². The van der Waals surface area contributed by atoms with Crippen LogP contribution in [0.1, 0.15) is 5.56 Å². The first-order valence-electron chi connectivity index (χ1n) is 6.48. The van der Waals surface area contributed by atoms with Crippen molar-refractivity contribution in [3.8, 4) is 22.6 Å². The van der Waals surface area contributed by atoms with E-state index < -0.39 is 36.2 Å². The van der Waals surface area contributed by atoms with Gasteiger partial charge in [0.15, 0.2) is 0 Å². The van der Waals surface area contributed by atoms with E-state index >= 15 is 0 Å². The Hall–Kier alpha value is -2.52. The van der Waals surface area contributed by atoms with Crippen LogP contribution in [-0.4, -0.2) is 13.0 Å². The van der Waals surface area contributed by atoms with E-state index in [0.29, 0.717) is 6.07 Å². The minimum atomic E-state index is -4.91. The first-order valence-corrected chi connectivity index (χ1v) is 6.48. The third kappa shape index (κ3) is 5.23. The molecule has 0 aliphatic heterocycles. The molecule has 0 bridgehead atoms. The summed E-state index contributed by atoms with van der Waals surface area (Å²) in [4.78, 5) is 0. The fourth-order valence-corrected chi connectivity index (χ4v) is 1.98. The van der Waals surface area contributed by atoms with Crippen molar-refractivity contribution in [3.63, 3.8) is 0 Å². The molecule has 25 heavy (non-hydrogen) atoms. The van der Waals surface area contributed by atoms with E-state index in [-0.39, 0.29) is 11.1 Å². The predicted octanol–water partition coefficient (Wildman–Crippen LogP) is 5.87. The van der Waals surface area contributed by atoms with Crippen molar-refractivity contribution in [2.75, 3.05) is 0 Å². The van der Waals surface area contributed by atoms with Crippen LogP contribution in [0.5, 0.6) is 11.5 Å². The largest absolute Gasteiger partial charge is 0.573 e. The summed E-state index contributed by atoms with van der Waals surface area (Å²) in [6.07, 6.45) is -9.80. The maximum atomic E-state index is 12.8. The van der Waals surface area contributed by atoms with Crippen molar-refractivity contribution in [2.45, 2.75) is 19.2 Å². The van der Waals surface area contributed by atoms with Crippen molar-refractivity contribution in [1.82, 2.24) is 0 Å². The number of hydrogen-bond acceptors (Lipinski definition) is 2. The monoisotopic (exact) mass is 372 g/mol. The van der Waals surface area contributed by atoms with E-state index in [1.807, 2.05) is 0 Å². The van der Waals surface area contributed by atoms with E-state index in [0.717, 1.165) is 36.4 Å². The minimum Gasteiger partial charge on any atom is -0.434 e. The Morgan fingerprint density at radius 2 is 1.32 bits per heavy atom. The van der Waals surface area contributed by atoms with E-state index in [4.69, 9.17) is 0 Å². The minimum absolute atomic E-state index is 0.0437. The van der Waals surface area contributed by atoms with Crippen LogP contribution in [0.3, 0.4) is 0 Å². The highest BCUT2D eigenvalue weighted by molar-refractivity contribution is 5.67. The summed E-state index contributed by atoms with van der Waals surface area (Å²) in [5.74, 6) is -1.62. The van der Waals surface area contributed by atoms with Gasteiger partial charge >= 0.3 is 19.2 Å². The highest BCUT2D eigenvalue weighted by Crippen LogP contribution is 2.39. The smallest absolute Gasteiger partial charge is 0.434 e. The normalized spacial score (nSPS) is 12.4. The molecular formula is C15H8F8O2. The topological polar surface area (TPSA) is 18.5 Å². The summed E-state index contributed by atoms with van der Waals surface area (Å²) in [7, 11) is 0.